The van der Waals surface area contributed by atoms with Gasteiger partial charge in [-0.3, -0.25) is 0 Å². The predicted octanol–water partition coefficient (Wildman–Crippen LogP) is 3.26. The Balaban J connectivity index is 3.18. The van der Waals surface area contributed by atoms with Crippen LogP contribution in [0, 0.1) is 9.39 Å². The standard InChI is InChI=1S/C9H7ClFIO2/c1-2-14-9(13)7-5(10)3-4-6(11)8(7)12/h3-4H,2H2,1H3. The average molecular weight is 329 g/mol. The molecule has 0 aromatic heterocycles. The van der Waals surface area contributed by atoms with Crippen molar-refractivity contribution in [3.8, 4) is 0 Å². The zero-order chi connectivity index (χ0) is 10.7. The molecule has 1 aromatic carbocycles. The Morgan fingerprint density at radius 3 is 2.86 bits per heavy atom. The lowest BCUT2D eigenvalue weighted by atomic mass is 10.2. The molecule has 0 saturated heterocycles. The number of carbonyl (C=O) groups is 1. The van der Waals surface area contributed by atoms with Crippen molar-refractivity contribution < 1.29 is 13.9 Å². The molecule has 0 fully saturated rings. The average Bonchev–Trinajstić information content (AvgIpc) is 2.13. The Morgan fingerprint density at radius 1 is 1.64 bits per heavy atom. The van der Waals surface area contributed by atoms with Gasteiger partial charge in [0.25, 0.3) is 0 Å². The van der Waals surface area contributed by atoms with Crippen LogP contribution >= 0.6 is 34.2 Å². The van der Waals surface area contributed by atoms with Crippen molar-refractivity contribution in [1.82, 2.24) is 0 Å². The quantitative estimate of drug-likeness (QED) is 0.473. The molecule has 0 spiro atoms. The minimum Gasteiger partial charge on any atom is -0.462 e. The van der Waals surface area contributed by atoms with Crippen molar-refractivity contribution in [2.75, 3.05) is 6.61 Å². The van der Waals surface area contributed by atoms with E-state index in [-0.39, 0.29) is 20.8 Å². The maximum Gasteiger partial charge on any atom is 0.340 e. The predicted molar refractivity (Wildman–Crippen MR) is 60.1 cm³/mol. The SMILES string of the molecule is CCOC(=O)c1c(Cl)ccc(F)c1I. The van der Waals surface area contributed by atoms with Crippen molar-refractivity contribution in [1.29, 1.82) is 0 Å². The summed E-state index contributed by atoms with van der Waals surface area (Å²) < 4.78 is 18.0. The molecule has 0 radical (unpaired) electrons. The smallest absolute Gasteiger partial charge is 0.340 e. The fourth-order valence-electron chi connectivity index (χ4n) is 0.917. The van der Waals surface area contributed by atoms with E-state index in [4.69, 9.17) is 16.3 Å². The van der Waals surface area contributed by atoms with Gasteiger partial charge in [-0.05, 0) is 41.6 Å². The van der Waals surface area contributed by atoms with Gasteiger partial charge in [0.15, 0.2) is 0 Å². The van der Waals surface area contributed by atoms with E-state index in [1.807, 2.05) is 0 Å². The first-order valence-electron chi connectivity index (χ1n) is 3.88. The maximum atomic E-state index is 13.1. The van der Waals surface area contributed by atoms with E-state index in [9.17, 15) is 9.18 Å². The van der Waals surface area contributed by atoms with Crippen LogP contribution in [0.1, 0.15) is 17.3 Å². The molecular weight excluding hydrogens is 321 g/mol. The monoisotopic (exact) mass is 328 g/mol. The third kappa shape index (κ3) is 2.36. The molecule has 14 heavy (non-hydrogen) atoms. The van der Waals surface area contributed by atoms with Crippen molar-refractivity contribution in [3.05, 3.63) is 32.1 Å². The molecule has 0 saturated carbocycles. The highest BCUT2D eigenvalue weighted by Crippen LogP contribution is 2.25. The minimum absolute atomic E-state index is 0.0918. The Hall–Kier alpha value is -0.360. The summed E-state index contributed by atoms with van der Waals surface area (Å²) >= 11 is 7.48. The van der Waals surface area contributed by atoms with Crippen LogP contribution in [0.5, 0.6) is 0 Å². The summed E-state index contributed by atoms with van der Waals surface area (Å²) in [5.41, 5.74) is 0.0918. The first-order chi connectivity index (χ1) is 6.57. The van der Waals surface area contributed by atoms with E-state index in [2.05, 4.69) is 0 Å². The molecule has 0 aliphatic heterocycles. The van der Waals surface area contributed by atoms with Crippen LogP contribution in [-0.4, -0.2) is 12.6 Å². The number of halogens is 3. The minimum atomic E-state index is -0.596. The van der Waals surface area contributed by atoms with E-state index in [0.29, 0.717) is 0 Å². The molecular formula is C9H7ClFIO2. The molecule has 5 heteroatoms. The number of hydrogen-bond acceptors (Lipinski definition) is 2. The van der Waals surface area contributed by atoms with Crippen molar-refractivity contribution >= 4 is 40.2 Å². The van der Waals surface area contributed by atoms with E-state index in [1.165, 1.54) is 12.1 Å². The summed E-state index contributed by atoms with van der Waals surface area (Å²) in [6.45, 7) is 1.92. The maximum absolute atomic E-state index is 13.1. The summed E-state index contributed by atoms with van der Waals surface area (Å²) in [6.07, 6.45) is 0. The Kier molecular flexibility index (Phi) is 4.12. The van der Waals surface area contributed by atoms with Crippen LogP contribution in [0.15, 0.2) is 12.1 Å². The molecule has 0 atom stereocenters. The summed E-state index contributed by atoms with van der Waals surface area (Å²) in [4.78, 5) is 11.4. The van der Waals surface area contributed by atoms with Gasteiger partial charge in [-0.25, -0.2) is 9.18 Å². The summed E-state index contributed by atoms with van der Waals surface area (Å²) in [5, 5.41) is 0.203. The molecule has 0 unspecified atom stereocenters. The highest BCUT2D eigenvalue weighted by molar-refractivity contribution is 14.1. The van der Waals surface area contributed by atoms with E-state index >= 15 is 0 Å². The number of benzene rings is 1. The summed E-state index contributed by atoms with van der Waals surface area (Å²) in [6, 6.07) is 2.55. The van der Waals surface area contributed by atoms with Crippen molar-refractivity contribution in [2.24, 2.45) is 0 Å². The molecule has 76 valence electrons. The molecule has 0 heterocycles. The number of ether oxygens (including phenoxy) is 1. The van der Waals surface area contributed by atoms with Crippen LogP contribution in [0.3, 0.4) is 0 Å². The summed E-state index contributed by atoms with van der Waals surface area (Å²) in [5.74, 6) is -1.07. The topological polar surface area (TPSA) is 26.3 Å². The van der Waals surface area contributed by atoms with Gasteiger partial charge in [0, 0.05) is 0 Å². The molecule has 0 N–H and O–H groups in total. The molecule has 0 bridgehead atoms. The lowest BCUT2D eigenvalue weighted by Gasteiger charge is -2.06. The molecule has 2 nitrogen and oxygen atoms in total. The van der Waals surface area contributed by atoms with Crippen LogP contribution in [0.4, 0.5) is 4.39 Å². The fourth-order valence-corrected chi connectivity index (χ4v) is 2.00. The second kappa shape index (κ2) is 4.93. The lowest BCUT2D eigenvalue weighted by molar-refractivity contribution is 0.0524. The van der Waals surface area contributed by atoms with E-state index in [1.54, 1.807) is 29.5 Å². The molecule has 0 aliphatic rings. The third-order valence-corrected chi connectivity index (χ3v) is 2.89. The normalized spacial score (nSPS) is 10.0. The largest absolute Gasteiger partial charge is 0.462 e. The molecule has 1 rings (SSSR count). The van der Waals surface area contributed by atoms with Gasteiger partial charge in [0.05, 0.1) is 20.8 Å². The van der Waals surface area contributed by atoms with Gasteiger partial charge in [-0.15, -0.1) is 0 Å². The zero-order valence-electron chi connectivity index (χ0n) is 7.31. The molecule has 0 aliphatic carbocycles. The second-order valence-corrected chi connectivity index (χ2v) is 3.92. The van der Waals surface area contributed by atoms with Crippen LogP contribution < -0.4 is 0 Å². The first-order valence-corrected chi connectivity index (χ1v) is 5.34. The number of hydrogen-bond donors (Lipinski definition) is 0. The number of esters is 1. The Labute approximate surface area is 99.5 Å². The van der Waals surface area contributed by atoms with Crippen LogP contribution in [-0.2, 0) is 4.74 Å². The Morgan fingerprint density at radius 2 is 2.29 bits per heavy atom. The summed E-state index contributed by atoms with van der Waals surface area (Å²) in [7, 11) is 0. The van der Waals surface area contributed by atoms with Crippen LogP contribution in [0.25, 0.3) is 0 Å². The highest BCUT2D eigenvalue weighted by atomic mass is 127. The van der Waals surface area contributed by atoms with Gasteiger partial charge in [0.1, 0.15) is 5.82 Å². The molecule has 1 aromatic rings. The number of carbonyl (C=O) groups excluding carboxylic acids is 1. The van der Waals surface area contributed by atoms with Gasteiger partial charge in [-0.1, -0.05) is 11.6 Å². The van der Waals surface area contributed by atoms with E-state index in [0.717, 1.165) is 0 Å². The third-order valence-electron chi connectivity index (χ3n) is 1.52. The first kappa shape index (κ1) is 11.7. The fraction of sp³-hybridized carbons (Fsp3) is 0.222. The van der Waals surface area contributed by atoms with Crippen LogP contribution in [0.2, 0.25) is 5.02 Å². The highest BCUT2D eigenvalue weighted by Gasteiger charge is 2.18. The molecule has 0 amide bonds. The zero-order valence-corrected chi connectivity index (χ0v) is 10.2. The lowest BCUT2D eigenvalue weighted by Crippen LogP contribution is -2.08. The Bertz CT molecular complexity index is 368. The van der Waals surface area contributed by atoms with Gasteiger partial charge in [-0.2, -0.15) is 0 Å². The van der Waals surface area contributed by atoms with Gasteiger partial charge < -0.3 is 4.74 Å². The number of rotatable bonds is 2. The van der Waals surface area contributed by atoms with E-state index < -0.39 is 11.8 Å². The second-order valence-electron chi connectivity index (χ2n) is 2.44. The van der Waals surface area contributed by atoms with Crippen molar-refractivity contribution in [3.63, 3.8) is 0 Å². The van der Waals surface area contributed by atoms with Gasteiger partial charge in [0.2, 0.25) is 0 Å². The van der Waals surface area contributed by atoms with Gasteiger partial charge >= 0.3 is 5.97 Å². The van der Waals surface area contributed by atoms with Crippen molar-refractivity contribution in [2.45, 2.75) is 6.92 Å².